The average Bonchev–Trinajstić information content (AvgIpc) is 2.23. The maximum Gasteiger partial charge on any atom is 0.329 e. The Morgan fingerprint density at radius 3 is 2.59 bits per heavy atom. The lowest BCUT2D eigenvalue weighted by Crippen LogP contribution is -2.37. The van der Waals surface area contributed by atoms with Gasteiger partial charge in [0.1, 0.15) is 6.54 Å². The number of carbonyl (C=O) groups is 1. The summed E-state index contributed by atoms with van der Waals surface area (Å²) in [6.07, 6.45) is 1.40. The van der Waals surface area contributed by atoms with Crippen LogP contribution in [-0.4, -0.2) is 34.5 Å². The maximum absolute atomic E-state index is 11.6. The van der Waals surface area contributed by atoms with Crippen molar-refractivity contribution in [3.63, 3.8) is 0 Å². The van der Waals surface area contributed by atoms with Gasteiger partial charge in [-0.25, -0.2) is 4.79 Å². The molecule has 1 heterocycles. The molecule has 0 bridgehead atoms. The van der Waals surface area contributed by atoms with Crippen LogP contribution < -0.4 is 11.2 Å². The smallest absolute Gasteiger partial charge is 0.329 e. The molecule has 0 aliphatic heterocycles. The van der Waals surface area contributed by atoms with Gasteiger partial charge in [0.25, 0.3) is 5.56 Å². The van der Waals surface area contributed by atoms with E-state index in [4.69, 9.17) is 0 Å². The molecule has 1 amide bonds. The van der Waals surface area contributed by atoms with Crippen molar-refractivity contribution in [2.45, 2.75) is 26.3 Å². The molecule has 0 spiro atoms. The number of amides is 1. The molecule has 0 aliphatic carbocycles. The zero-order valence-corrected chi connectivity index (χ0v) is 10.3. The number of aromatic amines is 1. The predicted octanol–water partition coefficient (Wildman–Crippen LogP) is -0.423. The van der Waals surface area contributed by atoms with Crippen molar-refractivity contribution in [3.8, 4) is 0 Å². The number of aromatic nitrogens is 2. The highest BCUT2D eigenvalue weighted by Crippen LogP contribution is 1.98. The van der Waals surface area contributed by atoms with Crippen LogP contribution in [0.25, 0.3) is 0 Å². The van der Waals surface area contributed by atoms with E-state index in [1.54, 1.807) is 14.1 Å². The van der Waals surface area contributed by atoms with Crippen LogP contribution in [0.1, 0.15) is 19.0 Å². The predicted molar refractivity (Wildman–Crippen MR) is 64.0 cm³/mol. The molecule has 0 atom stereocenters. The molecular weight excluding hydrogens is 222 g/mol. The molecule has 0 saturated carbocycles. The summed E-state index contributed by atoms with van der Waals surface area (Å²) in [6.45, 7) is 1.90. The summed E-state index contributed by atoms with van der Waals surface area (Å²) in [7, 11) is 3.25. The number of nitrogens with zero attached hydrogens (tertiary/aromatic N) is 2. The van der Waals surface area contributed by atoms with Crippen molar-refractivity contribution in [2.24, 2.45) is 0 Å². The molecule has 0 unspecified atom stereocenters. The molecule has 1 N–H and O–H groups in total. The van der Waals surface area contributed by atoms with Gasteiger partial charge in [0.2, 0.25) is 5.91 Å². The fourth-order valence-corrected chi connectivity index (χ4v) is 1.48. The number of likely N-dealkylation sites (N-methyl/N-ethyl adjacent to an activating group) is 1. The highest BCUT2D eigenvalue weighted by atomic mass is 16.2. The number of nitrogens with one attached hydrogen (secondary N) is 1. The Labute approximate surface area is 98.9 Å². The summed E-state index contributed by atoms with van der Waals surface area (Å²) in [5.41, 5.74) is -0.361. The summed E-state index contributed by atoms with van der Waals surface area (Å²) in [4.78, 5) is 38.0. The van der Waals surface area contributed by atoms with E-state index in [0.29, 0.717) is 12.1 Å². The number of rotatable bonds is 4. The van der Waals surface area contributed by atoms with Crippen molar-refractivity contribution in [2.75, 3.05) is 14.1 Å². The highest BCUT2D eigenvalue weighted by molar-refractivity contribution is 5.75. The molecule has 94 valence electrons. The number of hydrogen-bond acceptors (Lipinski definition) is 3. The minimum absolute atomic E-state index is 0.0437. The Hall–Kier alpha value is -1.85. The first kappa shape index (κ1) is 13.2. The molecule has 0 aromatic carbocycles. The molecule has 0 saturated heterocycles. The van der Waals surface area contributed by atoms with Crippen LogP contribution in [-0.2, 0) is 17.8 Å². The molecule has 1 aromatic rings. The van der Waals surface area contributed by atoms with E-state index >= 15 is 0 Å². The zero-order valence-electron chi connectivity index (χ0n) is 10.3. The van der Waals surface area contributed by atoms with Crippen molar-refractivity contribution in [1.29, 1.82) is 0 Å². The Kier molecular flexibility index (Phi) is 4.25. The molecular formula is C11H17N3O3. The van der Waals surface area contributed by atoms with Gasteiger partial charge in [-0.1, -0.05) is 13.3 Å². The lowest BCUT2D eigenvalue weighted by molar-refractivity contribution is -0.129. The standard InChI is InChI=1S/C11H17N3O3/c1-4-5-8-6-9(15)12-11(17)14(8)7-10(16)13(2)3/h6H,4-5,7H2,1-3H3,(H,12,15,17). The summed E-state index contributed by atoms with van der Waals surface area (Å²) in [5, 5.41) is 0. The van der Waals surface area contributed by atoms with Crippen LogP contribution >= 0.6 is 0 Å². The van der Waals surface area contributed by atoms with E-state index in [-0.39, 0.29) is 12.5 Å². The van der Waals surface area contributed by atoms with E-state index in [1.807, 2.05) is 6.92 Å². The Morgan fingerprint density at radius 1 is 1.41 bits per heavy atom. The van der Waals surface area contributed by atoms with Gasteiger partial charge in [0.15, 0.2) is 0 Å². The summed E-state index contributed by atoms with van der Waals surface area (Å²) in [5.74, 6) is -0.184. The van der Waals surface area contributed by atoms with Crippen molar-refractivity contribution < 1.29 is 4.79 Å². The second-order valence-electron chi connectivity index (χ2n) is 4.05. The first-order valence-electron chi connectivity index (χ1n) is 5.49. The topological polar surface area (TPSA) is 75.2 Å². The summed E-state index contributed by atoms with van der Waals surface area (Å²) in [6, 6.07) is 1.37. The van der Waals surface area contributed by atoms with E-state index in [0.717, 1.165) is 6.42 Å². The van der Waals surface area contributed by atoms with Crippen LogP contribution in [0, 0.1) is 0 Å². The first-order chi connectivity index (χ1) is 7.95. The molecule has 0 aliphatic rings. The molecule has 0 fully saturated rings. The lowest BCUT2D eigenvalue weighted by atomic mass is 10.2. The van der Waals surface area contributed by atoms with E-state index in [2.05, 4.69) is 4.98 Å². The Morgan fingerprint density at radius 2 is 2.06 bits per heavy atom. The highest BCUT2D eigenvalue weighted by Gasteiger charge is 2.11. The largest absolute Gasteiger partial charge is 0.347 e. The SMILES string of the molecule is CCCc1cc(=O)[nH]c(=O)n1CC(=O)N(C)C. The minimum Gasteiger partial charge on any atom is -0.347 e. The number of hydrogen-bond donors (Lipinski definition) is 1. The third kappa shape index (κ3) is 3.30. The van der Waals surface area contributed by atoms with Gasteiger partial charge in [-0.2, -0.15) is 0 Å². The van der Waals surface area contributed by atoms with Gasteiger partial charge in [0, 0.05) is 25.9 Å². The Bertz CT molecular complexity index is 513. The molecule has 1 rings (SSSR count). The number of aryl methyl sites for hydroxylation is 1. The lowest BCUT2D eigenvalue weighted by Gasteiger charge is -2.14. The quantitative estimate of drug-likeness (QED) is 0.775. The fraction of sp³-hybridized carbons (Fsp3) is 0.545. The van der Waals surface area contributed by atoms with Gasteiger partial charge >= 0.3 is 5.69 Å². The van der Waals surface area contributed by atoms with Crippen LogP contribution in [0.3, 0.4) is 0 Å². The van der Waals surface area contributed by atoms with E-state index in [1.165, 1.54) is 15.5 Å². The van der Waals surface area contributed by atoms with Crippen molar-refractivity contribution >= 4 is 5.91 Å². The van der Waals surface area contributed by atoms with Crippen LogP contribution in [0.4, 0.5) is 0 Å². The first-order valence-corrected chi connectivity index (χ1v) is 5.49. The van der Waals surface area contributed by atoms with Gasteiger partial charge in [-0.15, -0.1) is 0 Å². The normalized spacial score (nSPS) is 10.3. The van der Waals surface area contributed by atoms with E-state index < -0.39 is 11.2 Å². The number of H-pyrrole nitrogens is 1. The summed E-state index contributed by atoms with van der Waals surface area (Å²) >= 11 is 0. The Balaban J connectivity index is 3.17. The van der Waals surface area contributed by atoms with Crippen LogP contribution in [0.5, 0.6) is 0 Å². The molecule has 6 nitrogen and oxygen atoms in total. The van der Waals surface area contributed by atoms with Crippen molar-refractivity contribution in [1.82, 2.24) is 14.5 Å². The van der Waals surface area contributed by atoms with Gasteiger partial charge in [0.05, 0.1) is 0 Å². The third-order valence-electron chi connectivity index (χ3n) is 2.42. The average molecular weight is 239 g/mol. The third-order valence-corrected chi connectivity index (χ3v) is 2.42. The zero-order chi connectivity index (χ0) is 13.0. The van der Waals surface area contributed by atoms with Gasteiger partial charge in [-0.05, 0) is 6.42 Å². The van der Waals surface area contributed by atoms with Gasteiger partial charge in [-0.3, -0.25) is 19.1 Å². The maximum atomic E-state index is 11.6. The van der Waals surface area contributed by atoms with Crippen LogP contribution in [0.2, 0.25) is 0 Å². The molecule has 0 radical (unpaired) electrons. The van der Waals surface area contributed by atoms with Gasteiger partial charge < -0.3 is 4.90 Å². The molecule has 6 heteroatoms. The summed E-state index contributed by atoms with van der Waals surface area (Å²) < 4.78 is 1.31. The molecule has 17 heavy (non-hydrogen) atoms. The van der Waals surface area contributed by atoms with E-state index in [9.17, 15) is 14.4 Å². The second kappa shape index (κ2) is 5.47. The second-order valence-corrected chi connectivity index (χ2v) is 4.05. The fourth-order valence-electron chi connectivity index (χ4n) is 1.48. The van der Waals surface area contributed by atoms with Crippen molar-refractivity contribution in [3.05, 3.63) is 32.6 Å². The minimum atomic E-state index is -0.531. The number of carbonyl (C=O) groups excluding carboxylic acids is 1. The molecule has 1 aromatic heterocycles. The monoisotopic (exact) mass is 239 g/mol. The van der Waals surface area contributed by atoms with Crippen LogP contribution in [0.15, 0.2) is 15.7 Å².